The van der Waals surface area contributed by atoms with Crippen LogP contribution in [0.15, 0.2) is 0 Å². The lowest BCUT2D eigenvalue weighted by Crippen LogP contribution is -2.48. The van der Waals surface area contributed by atoms with Crippen LogP contribution in [-0.4, -0.2) is 80.5 Å². The number of nitrogens with one attached hydrogen (secondary N) is 2. The standard InChI is InChI=1S/C14H30N2O13P2/c1-13(2,5-28-30(21,22)23)9(17)11(19)15-7-27-8-16-12(20)10(18)14(3,4)6-29-31(24,25)26/h9-10,17-18H,5-8H2,1-4H3,(H,15,19)(H,16,20)(H2,21,22,23)(H2,24,25,26). The summed E-state index contributed by atoms with van der Waals surface area (Å²) < 4.78 is 35.0. The molecule has 8 N–H and O–H groups in total. The van der Waals surface area contributed by atoms with Gasteiger partial charge in [-0.3, -0.25) is 18.6 Å². The maximum Gasteiger partial charge on any atom is 0.469 e. The van der Waals surface area contributed by atoms with Gasteiger partial charge in [-0.05, 0) is 0 Å². The Labute approximate surface area is 178 Å². The molecule has 0 aromatic heterocycles. The van der Waals surface area contributed by atoms with Gasteiger partial charge in [-0.2, -0.15) is 0 Å². The quantitative estimate of drug-likeness (QED) is 0.0748. The maximum absolute atomic E-state index is 11.9. The highest BCUT2D eigenvalue weighted by Gasteiger charge is 2.37. The summed E-state index contributed by atoms with van der Waals surface area (Å²) in [5, 5.41) is 24.3. The van der Waals surface area contributed by atoms with E-state index >= 15 is 0 Å². The molecule has 0 radical (unpaired) electrons. The third-order valence-electron chi connectivity index (χ3n) is 3.88. The molecule has 184 valence electrons. The fourth-order valence-corrected chi connectivity index (χ4v) is 2.86. The smallest absolute Gasteiger partial charge is 0.383 e. The van der Waals surface area contributed by atoms with Crippen LogP contribution >= 0.6 is 15.6 Å². The molecule has 31 heavy (non-hydrogen) atoms. The number of aliphatic hydroxyl groups is 2. The van der Waals surface area contributed by atoms with Gasteiger partial charge in [-0.15, -0.1) is 0 Å². The molecule has 0 saturated carbocycles. The average Bonchev–Trinajstić information content (AvgIpc) is 2.62. The summed E-state index contributed by atoms with van der Waals surface area (Å²) in [6.07, 6.45) is -3.40. The Kier molecular flexibility index (Phi) is 11.4. The largest absolute Gasteiger partial charge is 0.469 e. The van der Waals surface area contributed by atoms with E-state index < -0.39 is 77.2 Å². The first-order chi connectivity index (χ1) is 13.8. The van der Waals surface area contributed by atoms with Gasteiger partial charge in [-0.1, -0.05) is 27.7 Å². The molecule has 0 heterocycles. The maximum atomic E-state index is 11.9. The number of hydrogen-bond acceptors (Lipinski definition) is 9. The zero-order valence-electron chi connectivity index (χ0n) is 17.4. The monoisotopic (exact) mass is 496 g/mol. The number of phosphoric acid groups is 2. The van der Waals surface area contributed by atoms with Crippen LogP contribution in [0.2, 0.25) is 0 Å². The molecule has 15 nitrogen and oxygen atoms in total. The van der Waals surface area contributed by atoms with Crippen LogP contribution in [0, 0.1) is 10.8 Å². The first kappa shape index (κ1) is 30.0. The van der Waals surface area contributed by atoms with Crippen LogP contribution in [0.1, 0.15) is 27.7 Å². The van der Waals surface area contributed by atoms with E-state index in [0.29, 0.717) is 0 Å². The fourth-order valence-electron chi connectivity index (χ4n) is 1.86. The Hall–Kier alpha value is -0.960. The number of phosphoric ester groups is 2. The topological polar surface area (TPSA) is 241 Å². The summed E-state index contributed by atoms with van der Waals surface area (Å²) in [4.78, 5) is 58.6. The van der Waals surface area contributed by atoms with Crippen LogP contribution in [0.5, 0.6) is 0 Å². The lowest BCUT2D eigenvalue weighted by molar-refractivity contribution is -0.140. The van der Waals surface area contributed by atoms with Crippen molar-refractivity contribution in [1.82, 2.24) is 10.6 Å². The van der Waals surface area contributed by atoms with Crippen molar-refractivity contribution in [3.8, 4) is 0 Å². The van der Waals surface area contributed by atoms with Gasteiger partial charge >= 0.3 is 15.6 Å². The number of carbonyl (C=O) groups excluding carboxylic acids is 2. The summed E-state index contributed by atoms with van der Waals surface area (Å²) in [5.41, 5.74) is -2.69. The lowest BCUT2D eigenvalue weighted by atomic mass is 9.87. The van der Waals surface area contributed by atoms with E-state index in [1.807, 2.05) is 0 Å². The molecule has 0 aliphatic carbocycles. The van der Waals surface area contributed by atoms with Crippen molar-refractivity contribution < 1.29 is 62.3 Å². The number of hydrogen-bond donors (Lipinski definition) is 8. The predicted octanol–water partition coefficient (Wildman–Crippen LogP) is -1.86. The van der Waals surface area contributed by atoms with Gasteiger partial charge in [0.25, 0.3) is 11.8 Å². The molecule has 0 spiro atoms. The lowest BCUT2D eigenvalue weighted by Gasteiger charge is -2.29. The Morgan fingerprint density at radius 3 is 1.32 bits per heavy atom. The Morgan fingerprint density at radius 1 is 0.774 bits per heavy atom. The molecule has 17 heteroatoms. The van der Waals surface area contributed by atoms with Crippen molar-refractivity contribution in [2.45, 2.75) is 39.9 Å². The first-order valence-corrected chi connectivity index (χ1v) is 11.7. The number of amides is 2. The highest BCUT2D eigenvalue weighted by Crippen LogP contribution is 2.39. The van der Waals surface area contributed by atoms with Crippen LogP contribution in [0.3, 0.4) is 0 Å². The number of carbonyl (C=O) groups is 2. The minimum Gasteiger partial charge on any atom is -0.383 e. The minimum atomic E-state index is -4.78. The van der Waals surface area contributed by atoms with Crippen LogP contribution in [-0.2, 0) is 32.5 Å². The van der Waals surface area contributed by atoms with Gasteiger partial charge in [-0.25, -0.2) is 9.13 Å². The molecule has 0 aromatic carbocycles. The molecule has 0 fully saturated rings. The van der Waals surface area contributed by atoms with E-state index in [9.17, 15) is 28.9 Å². The molecule has 2 unspecified atom stereocenters. The third kappa shape index (κ3) is 12.6. The summed E-state index contributed by atoms with van der Waals surface area (Å²) >= 11 is 0. The molecule has 0 aromatic rings. The van der Waals surface area contributed by atoms with Gasteiger partial charge in [0, 0.05) is 10.8 Å². The summed E-state index contributed by atoms with van der Waals surface area (Å²) in [6, 6.07) is 0. The molecule has 2 atom stereocenters. The minimum absolute atomic E-state index is 0.466. The Bertz CT molecular complexity index is 644. The molecule has 0 aliphatic rings. The Morgan fingerprint density at radius 2 is 1.06 bits per heavy atom. The normalized spacial score (nSPS) is 15.3. The van der Waals surface area contributed by atoms with Crippen molar-refractivity contribution in [2.24, 2.45) is 10.8 Å². The summed E-state index contributed by atoms with van der Waals surface area (Å²) in [5.74, 6) is -1.86. The van der Waals surface area contributed by atoms with E-state index in [0.717, 1.165) is 0 Å². The Balaban J connectivity index is 4.38. The predicted molar refractivity (Wildman–Crippen MR) is 103 cm³/mol. The second kappa shape index (κ2) is 11.8. The van der Waals surface area contributed by atoms with Crippen molar-refractivity contribution in [3.63, 3.8) is 0 Å². The first-order valence-electron chi connectivity index (χ1n) is 8.68. The van der Waals surface area contributed by atoms with Crippen LogP contribution in [0.25, 0.3) is 0 Å². The summed E-state index contributed by atoms with van der Waals surface area (Å²) in [6.45, 7) is 3.21. The van der Waals surface area contributed by atoms with Crippen molar-refractivity contribution in [2.75, 3.05) is 26.7 Å². The van der Waals surface area contributed by atoms with E-state index in [4.69, 9.17) is 24.3 Å². The molecule has 0 bridgehead atoms. The van der Waals surface area contributed by atoms with Crippen molar-refractivity contribution in [1.29, 1.82) is 0 Å². The highest BCUT2D eigenvalue weighted by molar-refractivity contribution is 7.46. The number of rotatable bonds is 14. The van der Waals surface area contributed by atoms with Crippen LogP contribution in [0.4, 0.5) is 0 Å². The number of aliphatic hydroxyl groups excluding tert-OH is 2. The van der Waals surface area contributed by atoms with E-state index in [1.54, 1.807) is 0 Å². The van der Waals surface area contributed by atoms with Gasteiger partial charge in [0.15, 0.2) is 0 Å². The summed E-state index contributed by atoms with van der Waals surface area (Å²) in [7, 11) is -9.56. The zero-order valence-corrected chi connectivity index (χ0v) is 19.2. The zero-order chi connectivity index (χ0) is 24.7. The van der Waals surface area contributed by atoms with E-state index in [1.165, 1.54) is 27.7 Å². The third-order valence-corrected chi connectivity index (χ3v) is 4.81. The van der Waals surface area contributed by atoms with Gasteiger partial charge in [0.05, 0.1) is 13.2 Å². The van der Waals surface area contributed by atoms with Crippen LogP contribution < -0.4 is 10.6 Å². The SMILES string of the molecule is CC(C)(COP(=O)(O)O)C(O)C(=O)NCOCNC(=O)C(O)C(C)(C)COP(=O)(O)O. The molecule has 0 rings (SSSR count). The van der Waals surface area contributed by atoms with E-state index in [2.05, 4.69) is 19.7 Å². The van der Waals surface area contributed by atoms with Gasteiger partial charge in [0.1, 0.15) is 25.7 Å². The van der Waals surface area contributed by atoms with Gasteiger partial charge in [0.2, 0.25) is 0 Å². The molecular weight excluding hydrogens is 466 g/mol. The van der Waals surface area contributed by atoms with Crippen molar-refractivity contribution >= 4 is 27.5 Å². The number of ether oxygens (including phenoxy) is 1. The molecule has 2 amide bonds. The molecule has 0 aliphatic heterocycles. The fraction of sp³-hybridized carbons (Fsp3) is 0.857. The van der Waals surface area contributed by atoms with Gasteiger partial charge < -0.3 is 45.2 Å². The molecular formula is C14H30N2O13P2. The van der Waals surface area contributed by atoms with E-state index in [-0.39, 0.29) is 0 Å². The highest BCUT2D eigenvalue weighted by atomic mass is 31.2. The van der Waals surface area contributed by atoms with Crippen molar-refractivity contribution in [3.05, 3.63) is 0 Å². The average molecular weight is 496 g/mol. The molecule has 0 saturated heterocycles. The second-order valence-electron chi connectivity index (χ2n) is 7.89. The second-order valence-corrected chi connectivity index (χ2v) is 10.4.